The van der Waals surface area contributed by atoms with Gasteiger partial charge in [-0.05, 0) is 37.6 Å². The van der Waals surface area contributed by atoms with Gasteiger partial charge in [0.1, 0.15) is 0 Å². The average Bonchev–Trinajstić information content (AvgIpc) is 2.60. The summed E-state index contributed by atoms with van der Waals surface area (Å²) in [6.07, 6.45) is 0.784. The van der Waals surface area contributed by atoms with Crippen LogP contribution in [-0.2, 0) is 0 Å². The smallest absolute Gasteiger partial charge is 0.263 e. The van der Waals surface area contributed by atoms with E-state index in [4.69, 9.17) is 5.73 Å². The zero-order valence-electron chi connectivity index (χ0n) is 11.4. The summed E-state index contributed by atoms with van der Waals surface area (Å²) >= 11 is 0. The third-order valence-electron chi connectivity index (χ3n) is 3.94. The van der Waals surface area contributed by atoms with Crippen LogP contribution in [0.2, 0.25) is 0 Å². The summed E-state index contributed by atoms with van der Waals surface area (Å²) in [4.78, 5) is 2.31. The van der Waals surface area contributed by atoms with E-state index in [1.54, 1.807) is 12.1 Å². The maximum absolute atomic E-state index is 12.8. The van der Waals surface area contributed by atoms with Crippen LogP contribution in [0.3, 0.4) is 0 Å². The molecule has 1 aliphatic heterocycles. The van der Waals surface area contributed by atoms with Gasteiger partial charge in [0.25, 0.3) is 6.43 Å². The van der Waals surface area contributed by atoms with Crippen molar-refractivity contribution in [1.82, 2.24) is 4.90 Å². The van der Waals surface area contributed by atoms with Gasteiger partial charge < -0.3 is 5.73 Å². The predicted octanol–water partition coefficient (Wildman–Crippen LogP) is 3.50. The predicted molar refractivity (Wildman–Crippen MR) is 73.2 cm³/mol. The van der Waals surface area contributed by atoms with Gasteiger partial charge in [-0.2, -0.15) is 0 Å². The topological polar surface area (TPSA) is 29.3 Å². The molecule has 1 aliphatic rings. The average molecular weight is 268 g/mol. The van der Waals surface area contributed by atoms with Gasteiger partial charge in [0.2, 0.25) is 0 Å². The quantitative estimate of drug-likeness (QED) is 0.909. The lowest BCUT2D eigenvalue weighted by molar-refractivity contribution is 0.150. The van der Waals surface area contributed by atoms with Gasteiger partial charge in [-0.25, -0.2) is 8.78 Å². The second-order valence-electron chi connectivity index (χ2n) is 5.20. The summed E-state index contributed by atoms with van der Waals surface area (Å²) in [7, 11) is 0. The molecule has 1 heterocycles. The van der Waals surface area contributed by atoms with E-state index >= 15 is 0 Å². The standard InChI is InChI=1S/C15H22F2N2/c1-2-19-9-4-3-8-13(18)14(19)11-6-5-7-12(10-11)15(16)17/h5-7,10,13-15H,2-4,8-9,18H2,1H3. The van der Waals surface area contributed by atoms with E-state index in [2.05, 4.69) is 11.8 Å². The number of hydrogen-bond acceptors (Lipinski definition) is 2. The maximum atomic E-state index is 12.8. The summed E-state index contributed by atoms with van der Waals surface area (Å²) in [5.41, 5.74) is 7.29. The lowest BCUT2D eigenvalue weighted by atomic mass is 9.95. The molecular weight excluding hydrogens is 246 g/mol. The van der Waals surface area contributed by atoms with Crippen molar-refractivity contribution in [2.45, 2.75) is 44.7 Å². The van der Waals surface area contributed by atoms with Crippen LogP contribution in [0.15, 0.2) is 24.3 Å². The molecule has 2 atom stereocenters. The molecule has 1 aromatic carbocycles. The molecule has 2 nitrogen and oxygen atoms in total. The Hall–Kier alpha value is -1.00. The molecule has 2 N–H and O–H groups in total. The summed E-state index contributed by atoms with van der Waals surface area (Å²) in [6.45, 7) is 3.99. The van der Waals surface area contributed by atoms with Crippen molar-refractivity contribution in [2.24, 2.45) is 5.73 Å². The van der Waals surface area contributed by atoms with Crippen molar-refractivity contribution in [3.05, 3.63) is 35.4 Å². The van der Waals surface area contributed by atoms with E-state index in [1.807, 2.05) is 6.07 Å². The summed E-state index contributed by atoms with van der Waals surface area (Å²) in [5, 5.41) is 0. The molecule has 0 radical (unpaired) electrons. The van der Waals surface area contributed by atoms with Gasteiger partial charge in [0.05, 0.1) is 0 Å². The molecule has 19 heavy (non-hydrogen) atoms. The second-order valence-corrected chi connectivity index (χ2v) is 5.20. The van der Waals surface area contributed by atoms with Crippen molar-refractivity contribution >= 4 is 0 Å². The SMILES string of the molecule is CCN1CCCCC(N)C1c1cccc(C(F)F)c1. The van der Waals surface area contributed by atoms with E-state index in [0.717, 1.165) is 37.9 Å². The maximum Gasteiger partial charge on any atom is 0.263 e. The van der Waals surface area contributed by atoms with Crippen molar-refractivity contribution < 1.29 is 8.78 Å². The largest absolute Gasteiger partial charge is 0.326 e. The first-order chi connectivity index (χ1) is 9.13. The molecule has 1 aromatic rings. The zero-order valence-corrected chi connectivity index (χ0v) is 11.4. The highest BCUT2D eigenvalue weighted by molar-refractivity contribution is 5.28. The Labute approximate surface area is 113 Å². The molecule has 0 aromatic heterocycles. The summed E-state index contributed by atoms with van der Waals surface area (Å²) in [6, 6.07) is 6.81. The third kappa shape index (κ3) is 3.31. The first-order valence-corrected chi connectivity index (χ1v) is 7.01. The van der Waals surface area contributed by atoms with Gasteiger partial charge in [-0.3, -0.25) is 4.90 Å². The van der Waals surface area contributed by atoms with Crippen molar-refractivity contribution in [2.75, 3.05) is 13.1 Å². The third-order valence-corrected chi connectivity index (χ3v) is 3.94. The van der Waals surface area contributed by atoms with Crippen molar-refractivity contribution in [1.29, 1.82) is 0 Å². The Morgan fingerprint density at radius 2 is 2.16 bits per heavy atom. The van der Waals surface area contributed by atoms with Gasteiger partial charge in [-0.1, -0.05) is 31.5 Å². The van der Waals surface area contributed by atoms with Gasteiger partial charge in [0.15, 0.2) is 0 Å². The fourth-order valence-corrected chi connectivity index (χ4v) is 2.95. The molecule has 0 aliphatic carbocycles. The molecule has 106 valence electrons. The van der Waals surface area contributed by atoms with Crippen molar-refractivity contribution in [3.8, 4) is 0 Å². The van der Waals surface area contributed by atoms with Gasteiger partial charge in [0, 0.05) is 17.6 Å². The lowest BCUT2D eigenvalue weighted by Crippen LogP contribution is -2.39. The molecule has 2 rings (SSSR count). The highest BCUT2D eigenvalue weighted by Crippen LogP contribution is 2.31. The molecule has 1 saturated heterocycles. The molecular formula is C15H22F2N2. The Morgan fingerprint density at radius 3 is 2.84 bits per heavy atom. The molecule has 2 unspecified atom stereocenters. The molecule has 0 bridgehead atoms. The van der Waals surface area contributed by atoms with E-state index < -0.39 is 6.43 Å². The molecule has 1 fully saturated rings. The highest BCUT2D eigenvalue weighted by atomic mass is 19.3. The van der Waals surface area contributed by atoms with E-state index in [0.29, 0.717) is 0 Å². The van der Waals surface area contributed by atoms with Gasteiger partial charge in [-0.15, -0.1) is 0 Å². The summed E-state index contributed by atoms with van der Waals surface area (Å²) < 4.78 is 25.7. The lowest BCUT2D eigenvalue weighted by Gasteiger charge is -2.33. The minimum absolute atomic E-state index is 0.0235. The molecule has 4 heteroatoms. The van der Waals surface area contributed by atoms with Crippen LogP contribution in [0.4, 0.5) is 8.78 Å². The van der Waals surface area contributed by atoms with Crippen LogP contribution in [0.25, 0.3) is 0 Å². The Morgan fingerprint density at radius 1 is 1.37 bits per heavy atom. The number of nitrogens with two attached hydrogens (primary N) is 1. The minimum Gasteiger partial charge on any atom is -0.326 e. The normalized spacial score (nSPS) is 25.5. The Bertz CT molecular complexity index is 409. The second kappa shape index (κ2) is 6.44. The minimum atomic E-state index is -2.42. The number of benzene rings is 1. The molecule has 0 spiro atoms. The van der Waals surface area contributed by atoms with Crippen LogP contribution < -0.4 is 5.73 Å². The summed E-state index contributed by atoms with van der Waals surface area (Å²) in [5.74, 6) is 0. The number of alkyl halides is 2. The fraction of sp³-hybridized carbons (Fsp3) is 0.600. The Balaban J connectivity index is 2.32. The molecule has 0 amide bonds. The van der Waals surface area contributed by atoms with Crippen LogP contribution in [0.1, 0.15) is 49.8 Å². The van der Waals surface area contributed by atoms with Crippen LogP contribution in [0.5, 0.6) is 0 Å². The first-order valence-electron chi connectivity index (χ1n) is 7.01. The monoisotopic (exact) mass is 268 g/mol. The number of halogens is 2. The Kier molecular flexibility index (Phi) is 4.88. The highest BCUT2D eigenvalue weighted by Gasteiger charge is 2.28. The number of hydrogen-bond donors (Lipinski definition) is 1. The number of likely N-dealkylation sites (N-methyl/N-ethyl adjacent to an activating group) is 1. The van der Waals surface area contributed by atoms with Crippen LogP contribution in [-0.4, -0.2) is 24.0 Å². The number of nitrogens with zero attached hydrogens (tertiary/aromatic N) is 1. The number of rotatable bonds is 3. The van der Waals surface area contributed by atoms with Crippen LogP contribution >= 0.6 is 0 Å². The molecule has 0 saturated carbocycles. The van der Waals surface area contributed by atoms with E-state index in [9.17, 15) is 8.78 Å². The van der Waals surface area contributed by atoms with Crippen molar-refractivity contribution in [3.63, 3.8) is 0 Å². The van der Waals surface area contributed by atoms with Crippen LogP contribution in [0, 0.1) is 0 Å². The van der Waals surface area contributed by atoms with E-state index in [1.165, 1.54) is 6.07 Å². The van der Waals surface area contributed by atoms with E-state index in [-0.39, 0.29) is 17.6 Å². The number of likely N-dealkylation sites (tertiary alicyclic amines) is 1. The zero-order chi connectivity index (χ0) is 13.8. The van der Waals surface area contributed by atoms with Gasteiger partial charge >= 0.3 is 0 Å². The fourth-order valence-electron chi connectivity index (χ4n) is 2.95. The first kappa shape index (κ1) is 14.4.